The largest absolute Gasteiger partial charge is 0.756 e. The van der Waals surface area contributed by atoms with Crippen LogP contribution in [-0.4, -0.2) is 68.5 Å². The van der Waals surface area contributed by atoms with E-state index >= 15 is 0 Å². The zero-order valence-corrected chi connectivity index (χ0v) is 48.8. The number of phosphoric acid groups is 1. The summed E-state index contributed by atoms with van der Waals surface area (Å²) in [6, 6.07) is -0.933. The van der Waals surface area contributed by atoms with E-state index in [0.717, 1.165) is 135 Å². The average molecular weight is 1060 g/mol. The Morgan fingerprint density at radius 3 is 1.24 bits per heavy atom. The SMILES string of the molecule is CC/C=C\C/C=C\C/C=C\C/C=C\C/C=C\C/C=C\C/C=C\C/C=C\C/C=C\C/C=C\C/C=C\CCCCCCCC(=O)NC(COP(=O)([O-])OCC[N+](C)(C)C)C(O)/C=C/CC/C=C/CC/C=C/CCCCCC. The van der Waals surface area contributed by atoms with Gasteiger partial charge in [-0.05, 0) is 128 Å². The van der Waals surface area contributed by atoms with E-state index in [1.807, 2.05) is 27.2 Å². The number of phosphoric ester groups is 1. The maximum atomic E-state index is 12.9. The number of rotatable bonds is 50. The molecule has 0 aromatic heterocycles. The van der Waals surface area contributed by atoms with Gasteiger partial charge in [0.2, 0.25) is 5.91 Å². The van der Waals surface area contributed by atoms with Gasteiger partial charge in [-0.1, -0.05) is 223 Å². The molecule has 422 valence electrons. The number of carbonyl (C=O) groups is 1. The van der Waals surface area contributed by atoms with Crippen LogP contribution < -0.4 is 10.2 Å². The number of aliphatic hydroxyl groups excluding tert-OH is 1. The molecule has 0 aliphatic rings. The van der Waals surface area contributed by atoms with Crippen LogP contribution >= 0.6 is 7.82 Å². The normalized spacial score (nSPS) is 15.1. The van der Waals surface area contributed by atoms with E-state index in [2.05, 4.69) is 177 Å². The number of likely N-dealkylation sites (N-methyl/N-ethyl adjacent to an activating group) is 1. The lowest BCUT2D eigenvalue weighted by molar-refractivity contribution is -0.870. The van der Waals surface area contributed by atoms with Crippen molar-refractivity contribution < 1.29 is 32.9 Å². The third-order valence-corrected chi connectivity index (χ3v) is 12.6. The average Bonchev–Trinajstić information content (AvgIpc) is 3.37. The van der Waals surface area contributed by atoms with E-state index in [1.165, 1.54) is 25.7 Å². The molecule has 0 aliphatic heterocycles. The van der Waals surface area contributed by atoms with Crippen molar-refractivity contribution in [1.82, 2.24) is 5.32 Å². The van der Waals surface area contributed by atoms with Crippen LogP contribution in [0, 0.1) is 0 Å². The lowest BCUT2D eigenvalue weighted by Gasteiger charge is -2.29. The van der Waals surface area contributed by atoms with E-state index in [4.69, 9.17) is 9.05 Å². The maximum absolute atomic E-state index is 12.9. The second-order valence-corrected chi connectivity index (χ2v) is 21.3. The fourth-order valence-electron chi connectivity index (χ4n) is 7.13. The van der Waals surface area contributed by atoms with Gasteiger partial charge in [0, 0.05) is 6.42 Å². The number of quaternary nitrogens is 1. The Labute approximate surface area is 460 Å². The van der Waals surface area contributed by atoms with Gasteiger partial charge >= 0.3 is 0 Å². The fraction of sp³-hybridized carbons (Fsp3) is 0.561. The zero-order valence-electron chi connectivity index (χ0n) is 47.9. The summed E-state index contributed by atoms with van der Waals surface area (Å²) in [4.78, 5) is 25.4. The van der Waals surface area contributed by atoms with E-state index < -0.39 is 26.6 Å². The minimum absolute atomic E-state index is 0.0228. The number of nitrogens with zero attached hydrogens (tertiary/aromatic N) is 1. The van der Waals surface area contributed by atoms with E-state index in [-0.39, 0.29) is 12.5 Å². The summed E-state index contributed by atoms with van der Waals surface area (Å²) in [7, 11) is 1.19. The highest BCUT2D eigenvalue weighted by Gasteiger charge is 2.23. The van der Waals surface area contributed by atoms with Crippen LogP contribution in [-0.2, 0) is 18.4 Å². The van der Waals surface area contributed by atoms with Crippen molar-refractivity contribution >= 4 is 13.7 Å². The van der Waals surface area contributed by atoms with Gasteiger partial charge in [-0.2, -0.15) is 0 Å². The molecule has 1 amide bonds. The Hall–Kier alpha value is -4.14. The fourth-order valence-corrected chi connectivity index (χ4v) is 7.85. The van der Waals surface area contributed by atoms with Crippen LogP contribution in [0.2, 0.25) is 0 Å². The van der Waals surface area contributed by atoms with Crippen LogP contribution in [0.5, 0.6) is 0 Å². The Bertz CT molecular complexity index is 1820. The Kier molecular flexibility index (Phi) is 51.6. The first-order valence-electron chi connectivity index (χ1n) is 29.0. The van der Waals surface area contributed by atoms with Crippen molar-refractivity contribution in [3.63, 3.8) is 0 Å². The molecule has 0 bridgehead atoms. The third-order valence-electron chi connectivity index (χ3n) is 11.6. The Morgan fingerprint density at radius 2 is 0.827 bits per heavy atom. The first kappa shape index (κ1) is 70.9. The molecule has 0 aliphatic carbocycles. The molecule has 0 spiro atoms. The molecule has 8 nitrogen and oxygen atoms in total. The van der Waals surface area contributed by atoms with Crippen molar-refractivity contribution in [2.45, 2.75) is 199 Å². The number of amides is 1. The summed E-state index contributed by atoms with van der Waals surface area (Å²) < 4.78 is 23.2. The van der Waals surface area contributed by atoms with Crippen molar-refractivity contribution in [1.29, 1.82) is 0 Å². The standard InChI is InChI=1S/C66H107N2O6P/c1-6-8-10-12-14-16-18-20-22-23-24-25-26-27-28-29-30-31-32-33-34-35-36-37-38-39-40-41-42-43-44-45-46-48-50-52-54-56-58-60-66(70)67-64(63-74-75(71,72)73-62-61-68(3,4)5)65(69)59-57-55-53-51-49-47-21-19-17-15-13-11-9-7-2/h8,10,14,16-17,19-20,22,24-25,27-28,30-31,33-34,36-37,39-40,42-43,45-46,49,51,57,59,64-65,69H,6-7,9,11-13,15,18,21,23,26,29,32,35,38,41,44,47-48,50,52-56,58,60-63H2,1-5H3,(H-,67,70,71,72)/b10-8-,16-14-,19-17+,22-20-,25-24-,28-27-,31-30-,34-33-,37-36-,40-39-,43-42-,46-45-,51-49+,59-57+. The number of hydrogen-bond donors (Lipinski definition) is 2. The molecular weight excluding hydrogens is 948 g/mol. The number of allylic oxidation sites excluding steroid dienone is 27. The number of unbranched alkanes of at least 4 members (excludes halogenated alkanes) is 11. The topological polar surface area (TPSA) is 108 Å². The van der Waals surface area contributed by atoms with Crippen LogP contribution in [0.4, 0.5) is 0 Å². The van der Waals surface area contributed by atoms with Gasteiger partial charge in [-0.3, -0.25) is 9.36 Å². The Balaban J connectivity index is 4.25. The monoisotopic (exact) mass is 1050 g/mol. The molecule has 0 rings (SSSR count). The molecule has 0 radical (unpaired) electrons. The molecule has 3 unspecified atom stereocenters. The molecule has 0 aromatic carbocycles. The summed E-state index contributed by atoms with van der Waals surface area (Å²) >= 11 is 0. The predicted molar refractivity (Wildman–Crippen MR) is 324 cm³/mol. The van der Waals surface area contributed by atoms with Crippen molar-refractivity contribution in [3.05, 3.63) is 170 Å². The van der Waals surface area contributed by atoms with Gasteiger partial charge in [0.25, 0.3) is 7.82 Å². The van der Waals surface area contributed by atoms with Gasteiger partial charge in [-0.25, -0.2) is 0 Å². The van der Waals surface area contributed by atoms with E-state index in [9.17, 15) is 19.4 Å². The second kappa shape index (κ2) is 54.6. The predicted octanol–water partition coefficient (Wildman–Crippen LogP) is 17.4. The molecule has 0 saturated carbocycles. The van der Waals surface area contributed by atoms with Gasteiger partial charge in [-0.15, -0.1) is 0 Å². The summed E-state index contributed by atoms with van der Waals surface area (Å²) in [5.74, 6) is -0.240. The van der Waals surface area contributed by atoms with Crippen LogP contribution in [0.3, 0.4) is 0 Å². The van der Waals surface area contributed by atoms with Crippen LogP contribution in [0.15, 0.2) is 170 Å². The number of hydrogen-bond acceptors (Lipinski definition) is 6. The molecule has 0 saturated heterocycles. The zero-order chi connectivity index (χ0) is 54.9. The first-order chi connectivity index (χ1) is 36.5. The quantitative estimate of drug-likeness (QED) is 0.0272. The molecule has 0 heterocycles. The summed E-state index contributed by atoms with van der Waals surface area (Å²) in [6.45, 7) is 4.43. The minimum Gasteiger partial charge on any atom is -0.756 e. The highest BCUT2D eigenvalue weighted by molar-refractivity contribution is 7.45. The summed E-state index contributed by atoms with van der Waals surface area (Å²) in [5.41, 5.74) is 0. The highest BCUT2D eigenvalue weighted by Crippen LogP contribution is 2.38. The molecule has 2 N–H and O–H groups in total. The third kappa shape index (κ3) is 57.4. The minimum atomic E-state index is -4.62. The lowest BCUT2D eigenvalue weighted by atomic mass is 10.1. The molecule has 0 aromatic rings. The van der Waals surface area contributed by atoms with Gasteiger partial charge < -0.3 is 28.8 Å². The number of aliphatic hydroxyl groups is 1. The highest BCUT2D eigenvalue weighted by atomic mass is 31.2. The van der Waals surface area contributed by atoms with Gasteiger partial charge in [0.05, 0.1) is 39.9 Å². The number of carbonyl (C=O) groups excluding carboxylic acids is 1. The smallest absolute Gasteiger partial charge is 0.268 e. The summed E-state index contributed by atoms with van der Waals surface area (Å²) in [5, 5.41) is 13.8. The van der Waals surface area contributed by atoms with Gasteiger partial charge in [0.15, 0.2) is 0 Å². The summed E-state index contributed by atoms with van der Waals surface area (Å²) in [6.07, 6.45) is 87.2. The van der Waals surface area contributed by atoms with E-state index in [0.29, 0.717) is 23.9 Å². The molecule has 0 fully saturated rings. The van der Waals surface area contributed by atoms with E-state index in [1.54, 1.807) is 6.08 Å². The first-order valence-corrected chi connectivity index (χ1v) is 30.5. The second-order valence-electron chi connectivity index (χ2n) is 19.9. The molecule has 75 heavy (non-hydrogen) atoms. The van der Waals surface area contributed by atoms with Crippen molar-refractivity contribution in [3.8, 4) is 0 Å². The van der Waals surface area contributed by atoms with Crippen LogP contribution in [0.1, 0.15) is 187 Å². The number of nitrogens with one attached hydrogen (secondary N) is 1. The van der Waals surface area contributed by atoms with Crippen molar-refractivity contribution in [2.24, 2.45) is 0 Å². The van der Waals surface area contributed by atoms with Crippen molar-refractivity contribution in [2.75, 3.05) is 40.9 Å². The molecule has 9 heteroatoms. The maximum Gasteiger partial charge on any atom is 0.268 e. The lowest BCUT2D eigenvalue weighted by Crippen LogP contribution is -2.45. The van der Waals surface area contributed by atoms with Crippen LogP contribution in [0.25, 0.3) is 0 Å². The van der Waals surface area contributed by atoms with Gasteiger partial charge in [0.1, 0.15) is 13.2 Å². The molecule has 3 atom stereocenters. The molecular formula is C66H107N2O6P. The Morgan fingerprint density at radius 1 is 0.480 bits per heavy atom.